The summed E-state index contributed by atoms with van der Waals surface area (Å²) in [7, 11) is 0. The first-order chi connectivity index (χ1) is 40.6. The molecule has 0 aliphatic carbocycles. The summed E-state index contributed by atoms with van der Waals surface area (Å²) in [5.41, 5.74) is 0. The highest BCUT2D eigenvalue weighted by Crippen LogP contribution is 2.27. The van der Waals surface area contributed by atoms with Crippen LogP contribution < -0.4 is 0 Å². The lowest BCUT2D eigenvalue weighted by Gasteiger charge is -2.40. The number of carbonyl (C=O) groups is 4. The van der Waals surface area contributed by atoms with E-state index >= 15 is 0 Å². The molecule has 0 saturated carbocycles. The number of ether oxygens (including phenoxy) is 5. The van der Waals surface area contributed by atoms with Gasteiger partial charge in [0.15, 0.2) is 24.6 Å². The average Bonchev–Trinajstić information content (AvgIpc) is 3.60. The Morgan fingerprint density at radius 2 is 0.759 bits per heavy atom. The van der Waals surface area contributed by atoms with E-state index in [9.17, 15) is 34.5 Å². The molecule has 12 nitrogen and oxygen atoms in total. The van der Waals surface area contributed by atoms with Crippen LogP contribution in [0, 0.1) is 0 Å². The molecule has 1 saturated heterocycles. The largest absolute Gasteiger partial charge is 0.479 e. The van der Waals surface area contributed by atoms with Crippen LogP contribution in [0.2, 0.25) is 0 Å². The van der Waals surface area contributed by atoms with Gasteiger partial charge >= 0.3 is 23.9 Å². The van der Waals surface area contributed by atoms with Crippen molar-refractivity contribution >= 4 is 23.9 Å². The zero-order chi connectivity index (χ0) is 60.3. The van der Waals surface area contributed by atoms with Gasteiger partial charge in [-0.3, -0.25) is 14.4 Å². The molecule has 6 atom stereocenters. The lowest BCUT2D eigenvalue weighted by molar-refractivity contribution is -0.301. The summed E-state index contributed by atoms with van der Waals surface area (Å²) in [6, 6.07) is 0. The quantitative estimate of drug-likeness (QED) is 0.0228. The van der Waals surface area contributed by atoms with E-state index in [0.29, 0.717) is 19.3 Å². The van der Waals surface area contributed by atoms with Gasteiger partial charge in [0.25, 0.3) is 0 Å². The fraction of sp³-hybridized carbons (Fsp3) is 0.803. The number of aliphatic carboxylic acids is 1. The van der Waals surface area contributed by atoms with Crippen molar-refractivity contribution in [3.05, 3.63) is 60.8 Å². The normalized spacial score (nSPS) is 17.9. The summed E-state index contributed by atoms with van der Waals surface area (Å²) in [6.07, 6.45) is 61.9. The number of carboxylic acid groups (broad SMARTS) is 1. The summed E-state index contributed by atoms with van der Waals surface area (Å²) in [6.45, 7) is 5.90. The Labute approximate surface area is 506 Å². The number of carboxylic acids is 1. The molecular formula is C71H124O12. The number of hydrogen-bond donors (Lipinski definition) is 3. The second kappa shape index (κ2) is 58.8. The van der Waals surface area contributed by atoms with Gasteiger partial charge in [0.1, 0.15) is 18.8 Å². The van der Waals surface area contributed by atoms with Gasteiger partial charge in [0, 0.05) is 19.3 Å². The molecule has 0 aromatic heterocycles. The second-order valence-corrected chi connectivity index (χ2v) is 23.4. The molecule has 1 fully saturated rings. The van der Waals surface area contributed by atoms with E-state index in [0.717, 1.165) is 89.9 Å². The molecule has 83 heavy (non-hydrogen) atoms. The summed E-state index contributed by atoms with van der Waals surface area (Å²) in [5, 5.41) is 31.6. The van der Waals surface area contributed by atoms with Crippen molar-refractivity contribution in [2.45, 2.75) is 353 Å². The molecule has 1 aliphatic rings. The Balaban J connectivity index is 2.64. The minimum absolute atomic E-state index is 0.0543. The van der Waals surface area contributed by atoms with Crippen LogP contribution in [0.25, 0.3) is 0 Å². The minimum Gasteiger partial charge on any atom is -0.479 e. The molecule has 0 spiro atoms. The standard InChI is InChI=1S/C71H124O12/c1-4-7-10-13-16-19-22-25-28-30-32-34-37-39-42-45-48-51-54-57-63(72)79-60-62(81-64(73)58-55-52-49-46-43-40-36-27-24-21-18-15-12-9-6-3)61-80-71-69(67(76)66(75)68(83-71)70(77)78)82-65(74)59-56-53-50-47-44-41-38-35-33-31-29-26-23-20-17-14-11-8-5-2/h9,12,18,21,26-27,29,36,43,46,62,66-69,71,75-76H,4-8,10-11,13-17,19-20,22-25,28,30-35,37-42,44-45,47-61H2,1-3H3,(H,77,78)/b12-9-,21-18-,29-26-,36-27-,46-43-. The highest BCUT2D eigenvalue weighted by Gasteiger charge is 2.50. The number of carbonyl (C=O) groups excluding carboxylic acids is 3. The van der Waals surface area contributed by atoms with Crippen molar-refractivity contribution in [2.24, 2.45) is 0 Å². The van der Waals surface area contributed by atoms with Crippen LogP contribution in [-0.2, 0) is 42.9 Å². The van der Waals surface area contributed by atoms with Crippen molar-refractivity contribution < 1.29 is 58.2 Å². The van der Waals surface area contributed by atoms with Crippen LogP contribution in [0.15, 0.2) is 60.8 Å². The SMILES string of the molecule is CC/C=C\C/C=C\C/C=C\C/C=C\CCCCC(=O)OC(COC(=O)CCCCCCCCCCCCCCCCCCCCC)COC1OC(C(=O)O)C(O)C(O)C1OC(=O)CCCCCCCCCCC/C=C\CCCCCCCC. The number of aliphatic hydroxyl groups excluding tert-OH is 2. The first-order valence-electron chi connectivity index (χ1n) is 34.3. The van der Waals surface area contributed by atoms with E-state index in [4.69, 9.17) is 23.7 Å². The van der Waals surface area contributed by atoms with Gasteiger partial charge in [0.2, 0.25) is 0 Å². The maximum absolute atomic E-state index is 13.2. The molecule has 12 heteroatoms. The van der Waals surface area contributed by atoms with Crippen LogP contribution >= 0.6 is 0 Å². The summed E-state index contributed by atoms with van der Waals surface area (Å²) in [5.74, 6) is -3.15. The number of allylic oxidation sites excluding steroid dienone is 10. The van der Waals surface area contributed by atoms with Crippen molar-refractivity contribution in [1.82, 2.24) is 0 Å². The Kier molecular flexibility index (Phi) is 54.8. The third-order valence-corrected chi connectivity index (χ3v) is 15.6. The smallest absolute Gasteiger partial charge is 0.335 e. The monoisotopic (exact) mass is 1170 g/mol. The zero-order valence-corrected chi connectivity index (χ0v) is 53.2. The van der Waals surface area contributed by atoms with E-state index in [1.807, 2.05) is 0 Å². The molecule has 480 valence electrons. The van der Waals surface area contributed by atoms with Gasteiger partial charge in [-0.25, -0.2) is 4.79 Å². The topological polar surface area (TPSA) is 175 Å². The predicted molar refractivity (Wildman–Crippen MR) is 340 cm³/mol. The molecule has 0 radical (unpaired) electrons. The Hall–Kier alpha value is -3.58. The summed E-state index contributed by atoms with van der Waals surface area (Å²) >= 11 is 0. The lowest BCUT2D eigenvalue weighted by Crippen LogP contribution is -2.61. The van der Waals surface area contributed by atoms with Gasteiger partial charge in [-0.2, -0.15) is 0 Å². The molecule has 0 amide bonds. The first-order valence-corrected chi connectivity index (χ1v) is 34.3. The van der Waals surface area contributed by atoms with Gasteiger partial charge in [-0.05, 0) is 83.5 Å². The van der Waals surface area contributed by atoms with Gasteiger partial charge < -0.3 is 39.0 Å². The molecule has 0 bridgehead atoms. The van der Waals surface area contributed by atoms with E-state index in [1.54, 1.807) is 0 Å². The van der Waals surface area contributed by atoms with Gasteiger partial charge in [-0.1, -0.05) is 274 Å². The molecule has 1 aliphatic heterocycles. The first kappa shape index (κ1) is 77.4. The molecule has 1 heterocycles. The van der Waals surface area contributed by atoms with E-state index in [-0.39, 0.29) is 25.9 Å². The number of esters is 3. The Morgan fingerprint density at radius 1 is 0.410 bits per heavy atom. The number of hydrogen-bond acceptors (Lipinski definition) is 11. The second-order valence-electron chi connectivity index (χ2n) is 23.4. The number of rotatable bonds is 59. The summed E-state index contributed by atoms with van der Waals surface area (Å²) in [4.78, 5) is 51.4. The molecule has 6 unspecified atom stereocenters. The fourth-order valence-corrected chi connectivity index (χ4v) is 10.4. The predicted octanol–water partition coefficient (Wildman–Crippen LogP) is 18.7. The molecular weight excluding hydrogens is 1040 g/mol. The zero-order valence-electron chi connectivity index (χ0n) is 53.2. The Morgan fingerprint density at radius 3 is 1.19 bits per heavy atom. The van der Waals surface area contributed by atoms with Crippen molar-refractivity contribution in [3.8, 4) is 0 Å². The maximum atomic E-state index is 13.2. The lowest BCUT2D eigenvalue weighted by atomic mass is 9.98. The third-order valence-electron chi connectivity index (χ3n) is 15.6. The van der Waals surface area contributed by atoms with Crippen molar-refractivity contribution in [2.75, 3.05) is 13.2 Å². The highest BCUT2D eigenvalue weighted by molar-refractivity contribution is 5.74. The molecule has 0 aromatic rings. The summed E-state index contributed by atoms with van der Waals surface area (Å²) < 4.78 is 28.5. The molecule has 1 rings (SSSR count). The van der Waals surface area contributed by atoms with Gasteiger partial charge in [0.05, 0.1) is 6.61 Å². The maximum Gasteiger partial charge on any atom is 0.335 e. The third kappa shape index (κ3) is 48.3. The fourth-order valence-electron chi connectivity index (χ4n) is 10.4. The van der Waals surface area contributed by atoms with Crippen LogP contribution in [-0.4, -0.2) is 89.2 Å². The Bertz CT molecular complexity index is 1670. The van der Waals surface area contributed by atoms with Gasteiger partial charge in [-0.15, -0.1) is 0 Å². The van der Waals surface area contributed by atoms with Crippen molar-refractivity contribution in [1.29, 1.82) is 0 Å². The highest BCUT2D eigenvalue weighted by atomic mass is 16.7. The van der Waals surface area contributed by atoms with E-state index in [1.165, 1.54) is 167 Å². The minimum atomic E-state index is -1.91. The van der Waals surface area contributed by atoms with Crippen LogP contribution in [0.4, 0.5) is 0 Å². The van der Waals surface area contributed by atoms with Crippen LogP contribution in [0.5, 0.6) is 0 Å². The van der Waals surface area contributed by atoms with Crippen LogP contribution in [0.1, 0.15) is 316 Å². The molecule has 3 N–H and O–H groups in total. The van der Waals surface area contributed by atoms with E-state index < -0.39 is 67.3 Å². The van der Waals surface area contributed by atoms with E-state index in [2.05, 4.69) is 81.5 Å². The van der Waals surface area contributed by atoms with Crippen LogP contribution in [0.3, 0.4) is 0 Å². The number of aliphatic hydroxyl groups is 2. The number of unbranched alkanes of at least 4 members (excludes halogenated alkanes) is 35. The molecule has 0 aromatic carbocycles. The van der Waals surface area contributed by atoms with Crippen molar-refractivity contribution in [3.63, 3.8) is 0 Å². The average molecular weight is 1170 g/mol.